The average molecular weight is 323 g/mol. The van der Waals surface area contributed by atoms with Gasteiger partial charge in [0.05, 0.1) is 7.11 Å². The molecule has 0 spiro atoms. The number of rotatable bonds is 3. The highest BCUT2D eigenvalue weighted by Gasteiger charge is 2.42. The van der Waals surface area contributed by atoms with E-state index < -0.39 is 17.7 Å². The third-order valence-corrected chi connectivity index (χ3v) is 4.63. The van der Waals surface area contributed by atoms with Crippen LogP contribution in [0, 0.1) is 5.92 Å². The van der Waals surface area contributed by atoms with Crippen LogP contribution in [0.1, 0.15) is 59.8 Å². The predicted molar refractivity (Wildman–Crippen MR) is 88.0 cm³/mol. The quantitative estimate of drug-likeness (QED) is 0.587. The molecule has 130 valence electrons. The van der Waals surface area contributed by atoms with E-state index >= 15 is 0 Å². The lowest BCUT2D eigenvalue weighted by molar-refractivity contribution is -0.144. The molecule has 1 heterocycles. The van der Waals surface area contributed by atoms with Gasteiger partial charge < -0.3 is 9.47 Å². The number of amides is 1. The van der Waals surface area contributed by atoms with Crippen molar-refractivity contribution < 1.29 is 19.1 Å². The fourth-order valence-corrected chi connectivity index (χ4v) is 3.55. The first kappa shape index (κ1) is 17.8. The molecule has 5 nitrogen and oxygen atoms in total. The maximum atomic E-state index is 12.5. The summed E-state index contributed by atoms with van der Waals surface area (Å²) < 4.78 is 10.4. The van der Waals surface area contributed by atoms with Gasteiger partial charge in [-0.2, -0.15) is 0 Å². The minimum Gasteiger partial charge on any atom is -0.467 e. The molecular weight excluding hydrogens is 294 g/mol. The number of esters is 1. The third-order valence-electron chi connectivity index (χ3n) is 4.63. The zero-order valence-electron chi connectivity index (χ0n) is 15.0. The second kappa shape index (κ2) is 6.93. The standard InChI is InChI=1S/C18H29NO4/c1-12-11-19(17(21)23-18(2,3)4)15(16(20)22-5)14(12)10-13-8-6-7-9-13/h13,15H,6-11H2,1-5H3/t15-/m0/s1. The Bertz CT molecular complexity index is 498. The third kappa shape index (κ3) is 4.27. The molecule has 0 bridgehead atoms. The number of methoxy groups -OCH3 is 1. The summed E-state index contributed by atoms with van der Waals surface area (Å²) in [5, 5.41) is 0. The van der Waals surface area contributed by atoms with Crippen LogP contribution in [0.3, 0.4) is 0 Å². The lowest BCUT2D eigenvalue weighted by atomic mass is 9.92. The first-order valence-corrected chi connectivity index (χ1v) is 8.49. The van der Waals surface area contributed by atoms with Gasteiger partial charge in [0, 0.05) is 6.54 Å². The molecule has 1 aliphatic heterocycles. The normalized spacial score (nSPS) is 22.7. The molecule has 0 radical (unpaired) electrons. The highest BCUT2D eigenvalue weighted by Crippen LogP contribution is 2.37. The van der Waals surface area contributed by atoms with Crippen molar-refractivity contribution in [2.45, 2.75) is 71.4 Å². The molecule has 1 fully saturated rings. The first-order valence-electron chi connectivity index (χ1n) is 8.49. The molecule has 1 saturated carbocycles. The molecule has 1 amide bonds. The van der Waals surface area contributed by atoms with Gasteiger partial charge >= 0.3 is 12.1 Å². The first-order chi connectivity index (χ1) is 10.7. The summed E-state index contributed by atoms with van der Waals surface area (Å²) in [6.45, 7) is 7.93. The van der Waals surface area contributed by atoms with Crippen molar-refractivity contribution in [2.75, 3.05) is 13.7 Å². The Balaban J connectivity index is 2.18. The number of hydrogen-bond acceptors (Lipinski definition) is 4. The van der Waals surface area contributed by atoms with Gasteiger partial charge in [-0.05, 0) is 45.6 Å². The average Bonchev–Trinajstić information content (AvgIpc) is 3.06. The summed E-state index contributed by atoms with van der Waals surface area (Å²) in [4.78, 5) is 26.3. The van der Waals surface area contributed by atoms with Crippen molar-refractivity contribution in [1.82, 2.24) is 4.90 Å². The van der Waals surface area contributed by atoms with Gasteiger partial charge in [-0.1, -0.05) is 31.3 Å². The van der Waals surface area contributed by atoms with Gasteiger partial charge in [0.2, 0.25) is 0 Å². The Kier molecular flexibility index (Phi) is 5.37. The Morgan fingerprint density at radius 3 is 2.35 bits per heavy atom. The highest BCUT2D eigenvalue weighted by atomic mass is 16.6. The zero-order valence-corrected chi connectivity index (χ0v) is 15.0. The van der Waals surface area contributed by atoms with Crippen LogP contribution in [-0.4, -0.2) is 42.3 Å². The number of ether oxygens (including phenoxy) is 2. The fraction of sp³-hybridized carbons (Fsp3) is 0.778. The number of carbonyl (C=O) groups excluding carboxylic acids is 2. The van der Waals surface area contributed by atoms with E-state index in [0.29, 0.717) is 12.5 Å². The lowest BCUT2D eigenvalue weighted by Gasteiger charge is -2.29. The number of hydrogen-bond donors (Lipinski definition) is 0. The molecule has 23 heavy (non-hydrogen) atoms. The minimum atomic E-state index is -0.629. The fourth-order valence-electron chi connectivity index (χ4n) is 3.55. The summed E-state index contributed by atoms with van der Waals surface area (Å²) in [6.07, 6.45) is 5.36. The molecule has 1 aliphatic carbocycles. The van der Waals surface area contributed by atoms with Crippen LogP contribution in [0.2, 0.25) is 0 Å². The van der Waals surface area contributed by atoms with Crippen LogP contribution in [0.5, 0.6) is 0 Å². The maximum Gasteiger partial charge on any atom is 0.411 e. The van der Waals surface area contributed by atoms with Crippen molar-refractivity contribution >= 4 is 12.1 Å². The Morgan fingerprint density at radius 1 is 1.22 bits per heavy atom. The zero-order chi connectivity index (χ0) is 17.2. The topological polar surface area (TPSA) is 55.8 Å². The van der Waals surface area contributed by atoms with E-state index in [2.05, 4.69) is 0 Å². The van der Waals surface area contributed by atoms with E-state index in [-0.39, 0.29) is 5.97 Å². The van der Waals surface area contributed by atoms with E-state index in [4.69, 9.17) is 9.47 Å². The SMILES string of the molecule is COC(=O)[C@@H]1C(CC2CCCC2)=C(C)CN1C(=O)OC(C)(C)C. The molecule has 0 aromatic heterocycles. The molecule has 0 aromatic carbocycles. The van der Waals surface area contributed by atoms with Gasteiger partial charge in [0.25, 0.3) is 0 Å². The van der Waals surface area contributed by atoms with Crippen LogP contribution in [0.25, 0.3) is 0 Å². The van der Waals surface area contributed by atoms with Gasteiger partial charge in [0.1, 0.15) is 5.60 Å². The summed E-state index contributed by atoms with van der Waals surface area (Å²) >= 11 is 0. The van der Waals surface area contributed by atoms with E-state index in [1.807, 2.05) is 27.7 Å². The lowest BCUT2D eigenvalue weighted by Crippen LogP contribution is -2.45. The second-order valence-corrected chi connectivity index (χ2v) is 7.69. The predicted octanol–water partition coefficient (Wildman–Crippen LogP) is 3.68. The van der Waals surface area contributed by atoms with Crippen LogP contribution in [-0.2, 0) is 14.3 Å². The molecular formula is C18H29NO4. The molecule has 2 aliphatic rings. The van der Waals surface area contributed by atoms with Crippen molar-refractivity contribution in [3.63, 3.8) is 0 Å². The van der Waals surface area contributed by atoms with Gasteiger partial charge in [-0.3, -0.25) is 4.90 Å². The van der Waals surface area contributed by atoms with Crippen LogP contribution in [0.4, 0.5) is 4.79 Å². The van der Waals surface area contributed by atoms with Crippen LogP contribution >= 0.6 is 0 Å². The molecule has 1 atom stereocenters. The maximum absolute atomic E-state index is 12.5. The van der Waals surface area contributed by atoms with E-state index in [1.165, 1.54) is 37.7 Å². The van der Waals surface area contributed by atoms with Gasteiger partial charge in [-0.15, -0.1) is 0 Å². The van der Waals surface area contributed by atoms with E-state index in [9.17, 15) is 9.59 Å². The monoisotopic (exact) mass is 323 g/mol. The smallest absolute Gasteiger partial charge is 0.411 e. The molecule has 5 heteroatoms. The van der Waals surface area contributed by atoms with E-state index in [0.717, 1.165) is 17.6 Å². The number of nitrogens with zero attached hydrogens (tertiary/aromatic N) is 1. The Labute approximate surface area is 139 Å². The highest BCUT2D eigenvalue weighted by molar-refractivity contribution is 5.86. The minimum absolute atomic E-state index is 0.374. The van der Waals surface area contributed by atoms with Crippen molar-refractivity contribution in [3.05, 3.63) is 11.1 Å². The molecule has 2 rings (SSSR count). The summed E-state index contributed by atoms with van der Waals surface area (Å²) in [5.74, 6) is 0.242. The van der Waals surface area contributed by atoms with Crippen molar-refractivity contribution in [1.29, 1.82) is 0 Å². The summed E-state index contributed by atoms with van der Waals surface area (Å²) in [6, 6.07) is -0.629. The van der Waals surface area contributed by atoms with Gasteiger partial charge in [0.15, 0.2) is 6.04 Å². The molecule has 0 N–H and O–H groups in total. The summed E-state index contributed by atoms with van der Waals surface area (Å²) in [7, 11) is 1.37. The molecule has 0 unspecified atom stereocenters. The Morgan fingerprint density at radius 2 is 1.83 bits per heavy atom. The van der Waals surface area contributed by atoms with Gasteiger partial charge in [-0.25, -0.2) is 9.59 Å². The van der Waals surface area contributed by atoms with Crippen LogP contribution in [0.15, 0.2) is 11.1 Å². The van der Waals surface area contributed by atoms with Crippen LogP contribution < -0.4 is 0 Å². The summed E-state index contributed by atoms with van der Waals surface area (Å²) in [5.41, 5.74) is 1.56. The molecule has 0 aromatic rings. The number of carbonyl (C=O) groups is 2. The molecule has 0 saturated heterocycles. The largest absolute Gasteiger partial charge is 0.467 e. The van der Waals surface area contributed by atoms with E-state index in [1.54, 1.807) is 0 Å². The Hall–Kier alpha value is -1.52. The van der Waals surface area contributed by atoms with Crippen molar-refractivity contribution in [3.8, 4) is 0 Å². The van der Waals surface area contributed by atoms with Crippen molar-refractivity contribution in [2.24, 2.45) is 5.92 Å². The second-order valence-electron chi connectivity index (χ2n) is 7.69.